The molecular weight excluding hydrogens is 294 g/mol. The normalized spacial score (nSPS) is 11.4. The highest BCUT2D eigenvalue weighted by Crippen LogP contribution is 2.13. The smallest absolute Gasteiger partial charge is 0.242 e. The van der Waals surface area contributed by atoms with E-state index in [1.807, 2.05) is 17.5 Å². The van der Waals surface area contributed by atoms with Crippen molar-refractivity contribution in [3.63, 3.8) is 0 Å². The molecule has 7 heteroatoms. The second-order valence-electron chi connectivity index (χ2n) is 4.21. The van der Waals surface area contributed by atoms with E-state index < -0.39 is 10.0 Å². The number of sulfonamides is 1. The second-order valence-corrected chi connectivity index (χ2v) is 7.01. The van der Waals surface area contributed by atoms with Gasteiger partial charge >= 0.3 is 0 Å². The summed E-state index contributed by atoms with van der Waals surface area (Å²) in [6.07, 6.45) is 2.36. The lowest BCUT2D eigenvalue weighted by molar-refractivity contribution is 0.581. The average molecular weight is 311 g/mol. The van der Waals surface area contributed by atoms with Crippen LogP contribution in [0.4, 0.5) is 5.82 Å². The van der Waals surface area contributed by atoms with E-state index in [9.17, 15) is 8.42 Å². The van der Waals surface area contributed by atoms with Gasteiger partial charge in [0.25, 0.3) is 0 Å². The summed E-state index contributed by atoms with van der Waals surface area (Å²) in [7, 11) is -3.51. The lowest BCUT2D eigenvalue weighted by Gasteiger charge is -2.07. The molecule has 0 fully saturated rings. The van der Waals surface area contributed by atoms with Crippen molar-refractivity contribution in [2.75, 3.05) is 11.9 Å². The molecular formula is C13H17N3O2S2. The van der Waals surface area contributed by atoms with Crippen LogP contribution in [-0.4, -0.2) is 19.9 Å². The highest BCUT2D eigenvalue weighted by atomic mass is 32.2. The van der Waals surface area contributed by atoms with Crippen molar-refractivity contribution >= 4 is 27.2 Å². The summed E-state index contributed by atoms with van der Waals surface area (Å²) in [5, 5.41) is 5.02. The van der Waals surface area contributed by atoms with Gasteiger partial charge in [0.05, 0.1) is 0 Å². The molecule has 0 aliphatic carbocycles. The molecule has 0 saturated heterocycles. The summed E-state index contributed by atoms with van der Waals surface area (Å²) in [5.41, 5.74) is 0. The maximum Gasteiger partial charge on any atom is 0.242 e. The summed E-state index contributed by atoms with van der Waals surface area (Å²) in [6.45, 7) is 3.17. The first-order chi connectivity index (χ1) is 9.62. The van der Waals surface area contributed by atoms with Crippen molar-refractivity contribution in [2.24, 2.45) is 0 Å². The van der Waals surface area contributed by atoms with Gasteiger partial charge in [-0.05, 0) is 30.0 Å². The predicted molar refractivity (Wildman–Crippen MR) is 81.4 cm³/mol. The molecule has 0 aliphatic heterocycles. The molecule has 0 saturated carbocycles. The Hall–Kier alpha value is -1.44. The molecule has 0 aliphatic rings. The van der Waals surface area contributed by atoms with Crippen LogP contribution in [0.2, 0.25) is 0 Å². The third-order valence-electron chi connectivity index (χ3n) is 2.62. The van der Waals surface area contributed by atoms with Crippen LogP contribution in [0.25, 0.3) is 0 Å². The van der Waals surface area contributed by atoms with Crippen LogP contribution >= 0.6 is 11.3 Å². The van der Waals surface area contributed by atoms with Crippen LogP contribution in [0.15, 0.2) is 40.7 Å². The fraction of sp³-hybridized carbons (Fsp3) is 0.308. The number of nitrogens with zero attached hydrogens (tertiary/aromatic N) is 1. The SMILES string of the molecule is CCCNc1ccc(S(=O)(=O)NCc2cccs2)cn1. The Morgan fingerprint density at radius 1 is 1.30 bits per heavy atom. The van der Waals surface area contributed by atoms with E-state index in [0.29, 0.717) is 12.4 Å². The molecule has 0 radical (unpaired) electrons. The Balaban J connectivity index is 2.01. The topological polar surface area (TPSA) is 71.1 Å². The van der Waals surface area contributed by atoms with E-state index >= 15 is 0 Å². The lowest BCUT2D eigenvalue weighted by atomic mass is 10.4. The number of anilines is 1. The molecule has 2 aromatic heterocycles. The third kappa shape index (κ3) is 4.03. The van der Waals surface area contributed by atoms with Crippen molar-refractivity contribution in [3.05, 3.63) is 40.7 Å². The first-order valence-electron chi connectivity index (χ1n) is 6.34. The van der Waals surface area contributed by atoms with Crippen LogP contribution in [0.1, 0.15) is 18.2 Å². The third-order valence-corrected chi connectivity index (χ3v) is 4.88. The molecule has 2 rings (SSSR count). The maximum atomic E-state index is 12.1. The summed E-state index contributed by atoms with van der Waals surface area (Å²) in [5.74, 6) is 0.684. The van der Waals surface area contributed by atoms with Crippen LogP contribution in [0.3, 0.4) is 0 Å². The largest absolute Gasteiger partial charge is 0.370 e. The lowest BCUT2D eigenvalue weighted by Crippen LogP contribution is -2.23. The molecule has 108 valence electrons. The van der Waals surface area contributed by atoms with Crippen molar-refractivity contribution in [2.45, 2.75) is 24.8 Å². The van der Waals surface area contributed by atoms with E-state index in [2.05, 4.69) is 21.9 Å². The van der Waals surface area contributed by atoms with Crippen LogP contribution in [-0.2, 0) is 16.6 Å². The number of rotatable bonds is 7. The zero-order valence-electron chi connectivity index (χ0n) is 11.2. The quantitative estimate of drug-likeness (QED) is 0.824. The minimum atomic E-state index is -3.51. The molecule has 0 spiro atoms. The van der Waals surface area contributed by atoms with Gasteiger partial charge in [-0.15, -0.1) is 11.3 Å². The van der Waals surface area contributed by atoms with Gasteiger partial charge in [0.15, 0.2) is 0 Å². The van der Waals surface area contributed by atoms with Gasteiger partial charge in [0, 0.05) is 24.2 Å². The molecule has 0 atom stereocenters. The highest BCUT2D eigenvalue weighted by molar-refractivity contribution is 7.89. The van der Waals surface area contributed by atoms with Gasteiger partial charge < -0.3 is 5.32 Å². The monoisotopic (exact) mass is 311 g/mol. The summed E-state index contributed by atoms with van der Waals surface area (Å²) >= 11 is 1.52. The second kappa shape index (κ2) is 6.83. The molecule has 0 amide bonds. The molecule has 20 heavy (non-hydrogen) atoms. The number of thiophene rings is 1. The summed E-state index contributed by atoms with van der Waals surface area (Å²) in [4.78, 5) is 5.25. The molecule has 2 aromatic rings. The van der Waals surface area contributed by atoms with Crippen LogP contribution < -0.4 is 10.0 Å². The number of nitrogens with one attached hydrogen (secondary N) is 2. The highest BCUT2D eigenvalue weighted by Gasteiger charge is 2.14. The van der Waals surface area contributed by atoms with Crippen LogP contribution in [0, 0.1) is 0 Å². The number of hydrogen-bond donors (Lipinski definition) is 2. The van der Waals surface area contributed by atoms with Gasteiger partial charge in [-0.1, -0.05) is 13.0 Å². The Morgan fingerprint density at radius 3 is 2.75 bits per heavy atom. The molecule has 0 aromatic carbocycles. The number of hydrogen-bond acceptors (Lipinski definition) is 5. The first kappa shape index (κ1) is 15.0. The number of aromatic nitrogens is 1. The molecule has 0 unspecified atom stereocenters. The average Bonchev–Trinajstić information content (AvgIpc) is 2.97. The summed E-state index contributed by atoms with van der Waals surface area (Å²) in [6, 6.07) is 7.02. The van der Waals surface area contributed by atoms with Crippen LogP contribution in [0.5, 0.6) is 0 Å². The first-order valence-corrected chi connectivity index (χ1v) is 8.70. The van der Waals surface area contributed by atoms with Gasteiger partial charge in [0.1, 0.15) is 10.7 Å². The molecule has 0 bridgehead atoms. The van der Waals surface area contributed by atoms with Crippen molar-refractivity contribution in [1.82, 2.24) is 9.71 Å². The van der Waals surface area contributed by atoms with Gasteiger partial charge in [-0.2, -0.15) is 0 Å². The minimum absolute atomic E-state index is 0.177. The van der Waals surface area contributed by atoms with E-state index in [4.69, 9.17) is 0 Å². The number of pyridine rings is 1. The van der Waals surface area contributed by atoms with E-state index in [0.717, 1.165) is 17.8 Å². The van der Waals surface area contributed by atoms with Gasteiger partial charge in [0.2, 0.25) is 10.0 Å². The van der Waals surface area contributed by atoms with E-state index in [1.54, 1.807) is 12.1 Å². The van der Waals surface area contributed by atoms with Gasteiger partial charge in [-0.3, -0.25) is 0 Å². The van der Waals surface area contributed by atoms with Crippen molar-refractivity contribution in [3.8, 4) is 0 Å². The Bertz CT molecular complexity index is 622. The minimum Gasteiger partial charge on any atom is -0.370 e. The Kier molecular flexibility index (Phi) is 5.11. The molecule has 2 heterocycles. The Morgan fingerprint density at radius 2 is 2.15 bits per heavy atom. The van der Waals surface area contributed by atoms with Gasteiger partial charge in [-0.25, -0.2) is 18.1 Å². The zero-order valence-corrected chi connectivity index (χ0v) is 12.8. The van der Waals surface area contributed by atoms with Crippen molar-refractivity contribution in [1.29, 1.82) is 0 Å². The van der Waals surface area contributed by atoms with E-state index in [-0.39, 0.29) is 4.90 Å². The fourth-order valence-corrected chi connectivity index (χ4v) is 3.25. The Labute approximate surface area is 123 Å². The molecule has 5 nitrogen and oxygen atoms in total. The standard InChI is InChI=1S/C13H17N3O2S2/c1-2-7-14-13-6-5-12(10-15-13)20(17,18)16-9-11-4-3-8-19-11/h3-6,8,10,16H,2,7,9H2,1H3,(H,14,15). The predicted octanol–water partition coefficient (Wildman–Crippen LogP) is 2.44. The fourth-order valence-electron chi connectivity index (χ4n) is 1.56. The van der Waals surface area contributed by atoms with Crippen molar-refractivity contribution < 1.29 is 8.42 Å². The van der Waals surface area contributed by atoms with E-state index in [1.165, 1.54) is 17.5 Å². The zero-order chi connectivity index (χ0) is 14.4. The summed E-state index contributed by atoms with van der Waals surface area (Å²) < 4.78 is 26.7. The maximum absolute atomic E-state index is 12.1. The molecule has 2 N–H and O–H groups in total.